The van der Waals surface area contributed by atoms with Crippen LogP contribution in [0.4, 0.5) is 0 Å². The van der Waals surface area contributed by atoms with Crippen LogP contribution >= 0.6 is 0 Å². The topological polar surface area (TPSA) is 47.1 Å². The monoisotopic (exact) mass is 246 g/mol. The van der Waals surface area contributed by atoms with Crippen LogP contribution in [0, 0.1) is 20.8 Å². The molecule has 18 heavy (non-hydrogen) atoms. The van der Waals surface area contributed by atoms with E-state index in [1.54, 1.807) is 20.4 Å². The Hall–Kier alpha value is -1.97. The Morgan fingerprint density at radius 2 is 1.78 bits per heavy atom. The minimum absolute atomic E-state index is 0.857. The summed E-state index contributed by atoms with van der Waals surface area (Å²) in [6.07, 6.45) is 1.81. The second-order valence-corrected chi connectivity index (χ2v) is 4.29. The predicted octanol–water partition coefficient (Wildman–Crippen LogP) is 3.02. The lowest BCUT2D eigenvalue weighted by atomic mass is 10.0. The van der Waals surface area contributed by atoms with Crippen LogP contribution in [0.15, 0.2) is 12.3 Å². The van der Waals surface area contributed by atoms with Gasteiger partial charge in [0.2, 0.25) is 0 Å². The van der Waals surface area contributed by atoms with Crippen LogP contribution in [0.3, 0.4) is 0 Å². The first-order chi connectivity index (χ1) is 8.58. The van der Waals surface area contributed by atoms with E-state index < -0.39 is 0 Å². The lowest BCUT2D eigenvalue weighted by molar-refractivity contribution is 0.399. The van der Waals surface area contributed by atoms with Crippen molar-refractivity contribution in [3.63, 3.8) is 0 Å². The van der Waals surface area contributed by atoms with Crippen molar-refractivity contribution < 1.29 is 9.47 Å². The standard InChI is InChI=1S/C14H18N2O2/c1-8-9(2)14(18-5)11(6-13(8)17-4)12-7-15-10(3)16-12/h6-7H,1-5H3,(H,15,16). The highest BCUT2D eigenvalue weighted by Crippen LogP contribution is 2.38. The van der Waals surface area contributed by atoms with Crippen LogP contribution in [0.25, 0.3) is 11.3 Å². The molecule has 0 atom stereocenters. The first kappa shape index (κ1) is 12.5. The van der Waals surface area contributed by atoms with Gasteiger partial charge in [0.05, 0.1) is 26.1 Å². The van der Waals surface area contributed by atoms with Gasteiger partial charge in [0.25, 0.3) is 0 Å². The molecule has 1 heterocycles. The number of aryl methyl sites for hydroxylation is 1. The van der Waals surface area contributed by atoms with Crippen molar-refractivity contribution in [3.8, 4) is 22.8 Å². The van der Waals surface area contributed by atoms with E-state index in [9.17, 15) is 0 Å². The van der Waals surface area contributed by atoms with Gasteiger partial charge in [-0.2, -0.15) is 0 Å². The van der Waals surface area contributed by atoms with Gasteiger partial charge in [0.1, 0.15) is 17.3 Å². The van der Waals surface area contributed by atoms with Crippen LogP contribution < -0.4 is 9.47 Å². The summed E-state index contributed by atoms with van der Waals surface area (Å²) >= 11 is 0. The van der Waals surface area contributed by atoms with Gasteiger partial charge in [-0.15, -0.1) is 0 Å². The van der Waals surface area contributed by atoms with Crippen molar-refractivity contribution in [2.24, 2.45) is 0 Å². The number of hydrogen-bond acceptors (Lipinski definition) is 3. The number of aromatic nitrogens is 2. The summed E-state index contributed by atoms with van der Waals surface area (Å²) in [5.74, 6) is 2.59. The van der Waals surface area contributed by atoms with E-state index in [0.717, 1.165) is 39.7 Å². The molecule has 96 valence electrons. The number of nitrogens with zero attached hydrogens (tertiary/aromatic N) is 1. The summed E-state index contributed by atoms with van der Waals surface area (Å²) in [5, 5.41) is 0. The lowest BCUT2D eigenvalue weighted by Gasteiger charge is -2.15. The molecule has 0 saturated carbocycles. The van der Waals surface area contributed by atoms with Crippen molar-refractivity contribution in [2.75, 3.05) is 14.2 Å². The molecule has 0 unspecified atom stereocenters. The van der Waals surface area contributed by atoms with Gasteiger partial charge in [0, 0.05) is 5.56 Å². The molecule has 0 spiro atoms. The van der Waals surface area contributed by atoms with Gasteiger partial charge in [-0.05, 0) is 38.0 Å². The average molecular weight is 246 g/mol. The van der Waals surface area contributed by atoms with Crippen molar-refractivity contribution in [1.29, 1.82) is 0 Å². The number of H-pyrrole nitrogens is 1. The third kappa shape index (κ3) is 1.94. The molecule has 0 radical (unpaired) electrons. The lowest BCUT2D eigenvalue weighted by Crippen LogP contribution is -1.97. The Morgan fingerprint density at radius 3 is 2.28 bits per heavy atom. The van der Waals surface area contributed by atoms with E-state index in [2.05, 4.69) is 9.97 Å². The number of ether oxygens (including phenoxy) is 2. The molecule has 0 fully saturated rings. The molecule has 0 aliphatic carbocycles. The summed E-state index contributed by atoms with van der Waals surface area (Å²) < 4.78 is 10.9. The Morgan fingerprint density at radius 1 is 1.06 bits per heavy atom. The summed E-state index contributed by atoms with van der Waals surface area (Å²) in [7, 11) is 3.36. The molecule has 0 saturated heterocycles. The molecule has 0 amide bonds. The zero-order valence-electron chi connectivity index (χ0n) is 11.4. The van der Waals surface area contributed by atoms with Crippen molar-refractivity contribution in [1.82, 2.24) is 9.97 Å². The van der Waals surface area contributed by atoms with Crippen LogP contribution in [0.1, 0.15) is 17.0 Å². The molecule has 4 heteroatoms. The highest BCUT2D eigenvalue weighted by atomic mass is 16.5. The fourth-order valence-corrected chi connectivity index (χ4v) is 2.09. The second-order valence-electron chi connectivity index (χ2n) is 4.29. The van der Waals surface area contributed by atoms with Crippen molar-refractivity contribution in [3.05, 3.63) is 29.2 Å². The predicted molar refractivity (Wildman–Crippen MR) is 71.3 cm³/mol. The third-order valence-corrected chi connectivity index (χ3v) is 3.21. The van der Waals surface area contributed by atoms with E-state index in [4.69, 9.17) is 9.47 Å². The molecule has 1 N–H and O–H groups in total. The molecule has 2 rings (SSSR count). The molecular weight excluding hydrogens is 228 g/mol. The van der Waals surface area contributed by atoms with E-state index in [1.807, 2.05) is 26.8 Å². The van der Waals surface area contributed by atoms with Crippen LogP contribution in [-0.4, -0.2) is 24.2 Å². The summed E-state index contributed by atoms with van der Waals surface area (Å²) in [5.41, 5.74) is 4.08. The molecule has 0 bridgehead atoms. The molecule has 4 nitrogen and oxygen atoms in total. The maximum Gasteiger partial charge on any atom is 0.131 e. The van der Waals surface area contributed by atoms with Crippen LogP contribution in [-0.2, 0) is 0 Å². The first-order valence-corrected chi connectivity index (χ1v) is 5.82. The third-order valence-electron chi connectivity index (χ3n) is 3.21. The quantitative estimate of drug-likeness (QED) is 0.905. The Balaban J connectivity index is 2.69. The van der Waals surface area contributed by atoms with E-state index >= 15 is 0 Å². The highest BCUT2D eigenvalue weighted by molar-refractivity contribution is 5.72. The number of benzene rings is 1. The van der Waals surface area contributed by atoms with E-state index in [-0.39, 0.29) is 0 Å². The van der Waals surface area contributed by atoms with Gasteiger partial charge in [-0.3, -0.25) is 0 Å². The number of imidazole rings is 1. The minimum atomic E-state index is 0.857. The molecule has 1 aromatic heterocycles. The number of nitrogens with one attached hydrogen (secondary N) is 1. The fraction of sp³-hybridized carbons (Fsp3) is 0.357. The maximum atomic E-state index is 5.52. The summed E-state index contributed by atoms with van der Waals surface area (Å²) in [6, 6.07) is 1.98. The van der Waals surface area contributed by atoms with Crippen molar-refractivity contribution in [2.45, 2.75) is 20.8 Å². The van der Waals surface area contributed by atoms with Gasteiger partial charge in [0.15, 0.2) is 0 Å². The van der Waals surface area contributed by atoms with Gasteiger partial charge < -0.3 is 14.5 Å². The minimum Gasteiger partial charge on any atom is -0.496 e. The largest absolute Gasteiger partial charge is 0.496 e. The molecule has 2 aromatic rings. The Kier molecular flexibility index (Phi) is 3.28. The fourth-order valence-electron chi connectivity index (χ4n) is 2.09. The summed E-state index contributed by atoms with van der Waals surface area (Å²) in [6.45, 7) is 5.98. The first-order valence-electron chi connectivity index (χ1n) is 5.82. The molecule has 0 aliphatic heterocycles. The summed E-state index contributed by atoms with van der Waals surface area (Å²) in [4.78, 5) is 7.44. The Bertz CT molecular complexity index is 573. The number of methoxy groups -OCH3 is 2. The van der Waals surface area contributed by atoms with E-state index in [1.165, 1.54) is 0 Å². The maximum absolute atomic E-state index is 5.52. The molecule has 0 aliphatic rings. The SMILES string of the molecule is COc1cc(-c2cnc(C)[nH]2)c(OC)c(C)c1C. The smallest absolute Gasteiger partial charge is 0.131 e. The second kappa shape index (κ2) is 4.72. The number of rotatable bonds is 3. The van der Waals surface area contributed by atoms with E-state index in [0.29, 0.717) is 0 Å². The van der Waals surface area contributed by atoms with Gasteiger partial charge >= 0.3 is 0 Å². The van der Waals surface area contributed by atoms with Gasteiger partial charge in [-0.1, -0.05) is 0 Å². The zero-order valence-corrected chi connectivity index (χ0v) is 11.4. The highest BCUT2D eigenvalue weighted by Gasteiger charge is 2.16. The average Bonchev–Trinajstić information content (AvgIpc) is 2.79. The Labute approximate surface area is 107 Å². The van der Waals surface area contributed by atoms with Gasteiger partial charge in [-0.25, -0.2) is 4.98 Å². The normalized spacial score (nSPS) is 10.5. The number of aromatic amines is 1. The van der Waals surface area contributed by atoms with Crippen LogP contribution in [0.5, 0.6) is 11.5 Å². The van der Waals surface area contributed by atoms with Crippen molar-refractivity contribution >= 4 is 0 Å². The van der Waals surface area contributed by atoms with Crippen LogP contribution in [0.2, 0.25) is 0 Å². The zero-order chi connectivity index (χ0) is 13.3. The molecular formula is C14H18N2O2. The number of hydrogen-bond donors (Lipinski definition) is 1. The molecule has 1 aromatic carbocycles.